The van der Waals surface area contributed by atoms with Gasteiger partial charge in [0.2, 0.25) is 11.8 Å². The van der Waals surface area contributed by atoms with Crippen LogP contribution in [0.1, 0.15) is 17.5 Å². The van der Waals surface area contributed by atoms with E-state index in [1.54, 1.807) is 41.5 Å². The van der Waals surface area contributed by atoms with E-state index < -0.39 is 6.09 Å². The van der Waals surface area contributed by atoms with Gasteiger partial charge in [-0.1, -0.05) is 59.3 Å². The van der Waals surface area contributed by atoms with E-state index in [0.717, 1.165) is 26.9 Å². The van der Waals surface area contributed by atoms with Gasteiger partial charge in [0.05, 0.1) is 11.4 Å². The maximum Gasteiger partial charge on any atom is 0.414 e. The highest BCUT2D eigenvalue weighted by atomic mass is 35.5. The Morgan fingerprint density at radius 2 is 1.92 bits per heavy atom. The predicted octanol–water partition coefficient (Wildman–Crippen LogP) is 6.46. The molecule has 2 aromatic carbocycles. The van der Waals surface area contributed by atoms with Crippen LogP contribution in [0.25, 0.3) is 15.7 Å². The van der Waals surface area contributed by atoms with E-state index in [1.165, 1.54) is 21.6 Å². The molecule has 0 spiro atoms. The maximum atomic E-state index is 12.8. The molecular weight excluding hydrogens is 597 g/mol. The lowest BCUT2D eigenvalue weighted by Crippen LogP contribution is -2.43. The van der Waals surface area contributed by atoms with Crippen molar-refractivity contribution in [2.24, 2.45) is 0 Å². The summed E-state index contributed by atoms with van der Waals surface area (Å²) < 4.78 is 7.02. The minimum absolute atomic E-state index is 0.00908. The van der Waals surface area contributed by atoms with Crippen LogP contribution in [0, 0.1) is 0 Å². The number of hydrogen-bond donors (Lipinski definition) is 0. The van der Waals surface area contributed by atoms with Gasteiger partial charge >= 0.3 is 6.09 Å². The van der Waals surface area contributed by atoms with Crippen LogP contribution in [-0.2, 0) is 20.9 Å². The zero-order valence-electron chi connectivity index (χ0n) is 20.8. The van der Waals surface area contributed by atoms with Crippen molar-refractivity contribution in [3.8, 4) is 0 Å². The second-order valence-corrected chi connectivity index (χ2v) is 12.5. The van der Waals surface area contributed by atoms with Crippen LogP contribution in [0.2, 0.25) is 10.0 Å². The van der Waals surface area contributed by atoms with Crippen molar-refractivity contribution >= 4 is 102 Å². The summed E-state index contributed by atoms with van der Waals surface area (Å²) in [6, 6.07) is 11.2. The molecule has 3 heterocycles. The molecule has 0 saturated carbocycles. The summed E-state index contributed by atoms with van der Waals surface area (Å²) in [7, 11) is 1.68. The van der Waals surface area contributed by atoms with Gasteiger partial charge in [-0.2, -0.15) is 0 Å². The lowest BCUT2D eigenvalue weighted by molar-refractivity contribution is -0.135. The molecular formula is C27H23Cl2N3O4S3. The number of anilines is 1. The highest BCUT2D eigenvalue weighted by Gasteiger charge is 2.30. The van der Waals surface area contributed by atoms with E-state index in [4.69, 9.17) is 40.2 Å². The van der Waals surface area contributed by atoms with Crippen molar-refractivity contribution in [1.29, 1.82) is 0 Å². The fourth-order valence-electron chi connectivity index (χ4n) is 4.44. The third kappa shape index (κ3) is 6.25. The first-order chi connectivity index (χ1) is 18.7. The van der Waals surface area contributed by atoms with Crippen molar-refractivity contribution in [3.63, 3.8) is 0 Å². The number of amides is 3. The molecule has 1 aromatic heterocycles. The number of thioether (sulfide) groups is 1. The van der Waals surface area contributed by atoms with Gasteiger partial charge in [0.1, 0.15) is 17.5 Å². The molecule has 0 aliphatic carbocycles. The van der Waals surface area contributed by atoms with E-state index in [2.05, 4.69) is 12.1 Å². The summed E-state index contributed by atoms with van der Waals surface area (Å²) in [5.74, 6) is 0.0702. The number of nitrogens with zero attached hydrogens (tertiary/aromatic N) is 3. The molecule has 7 nitrogen and oxygen atoms in total. The minimum Gasteiger partial charge on any atom is -0.444 e. The Kier molecular flexibility index (Phi) is 8.49. The fraction of sp³-hybridized carbons (Fsp3) is 0.259. The Morgan fingerprint density at radius 3 is 2.59 bits per heavy atom. The summed E-state index contributed by atoms with van der Waals surface area (Å²) in [4.78, 5) is 42.2. The average Bonchev–Trinajstić information content (AvgIpc) is 3.48. The van der Waals surface area contributed by atoms with Crippen LogP contribution in [0.15, 0.2) is 47.9 Å². The first-order valence-electron chi connectivity index (χ1n) is 12.0. The first-order valence-corrected chi connectivity index (χ1v) is 15.0. The number of ether oxygens (including phenoxy) is 1. The number of thiocarbonyl (C=S) groups is 1. The van der Waals surface area contributed by atoms with Crippen LogP contribution in [0.4, 0.5) is 10.5 Å². The summed E-state index contributed by atoms with van der Waals surface area (Å²) in [6.45, 7) is 1.06. The monoisotopic (exact) mass is 619 g/mol. The average molecular weight is 621 g/mol. The molecule has 5 rings (SSSR count). The molecule has 39 heavy (non-hydrogen) atoms. The van der Waals surface area contributed by atoms with E-state index in [1.807, 2.05) is 17.5 Å². The summed E-state index contributed by atoms with van der Waals surface area (Å²) in [5.41, 5.74) is 3.63. The smallest absolute Gasteiger partial charge is 0.414 e. The SMILES string of the molecule is CN(C(=O)OCc1cc(Cl)cc(Cl)c1)c1csc2ccc(C3=CCN(C(=O)CN4C(=O)CSC4=S)CC3)cc12. The Balaban J connectivity index is 1.26. The molecule has 0 atom stereocenters. The van der Waals surface area contributed by atoms with Crippen molar-refractivity contribution in [1.82, 2.24) is 9.80 Å². The highest BCUT2D eigenvalue weighted by molar-refractivity contribution is 8.23. The number of thiophene rings is 1. The van der Waals surface area contributed by atoms with E-state index in [9.17, 15) is 14.4 Å². The maximum absolute atomic E-state index is 12.8. The minimum atomic E-state index is -0.489. The van der Waals surface area contributed by atoms with Crippen molar-refractivity contribution in [2.45, 2.75) is 13.0 Å². The molecule has 2 aliphatic rings. The number of carbonyl (C=O) groups excluding carboxylic acids is 3. The van der Waals surface area contributed by atoms with Gasteiger partial charge in [0.15, 0.2) is 0 Å². The standard InChI is InChI=1S/C27H23Cl2N3O4S3/c1-30(26(35)36-13-16-8-19(28)11-20(29)9-16)22-14-38-23-3-2-18(10-21(22)23)17-4-6-31(7-5-17)24(33)12-32-25(34)15-39-27(32)37/h2-4,8-11,14H,5-7,12-13,15H2,1H3. The summed E-state index contributed by atoms with van der Waals surface area (Å²) >= 11 is 20.1. The lowest BCUT2D eigenvalue weighted by Gasteiger charge is -2.28. The zero-order chi connectivity index (χ0) is 27.7. The normalized spacial score (nSPS) is 15.6. The molecule has 3 amide bonds. The molecule has 0 radical (unpaired) electrons. The summed E-state index contributed by atoms with van der Waals surface area (Å²) in [5, 5.41) is 3.84. The second kappa shape index (κ2) is 11.9. The van der Waals surface area contributed by atoms with Gasteiger partial charge in [0.25, 0.3) is 0 Å². The Bertz CT molecular complexity index is 1490. The second-order valence-electron chi connectivity index (χ2n) is 9.08. The predicted molar refractivity (Wildman–Crippen MR) is 163 cm³/mol. The number of benzene rings is 2. The Morgan fingerprint density at radius 1 is 1.15 bits per heavy atom. The third-order valence-electron chi connectivity index (χ3n) is 6.54. The number of rotatable bonds is 6. The van der Waals surface area contributed by atoms with Crippen LogP contribution in [0.3, 0.4) is 0 Å². The molecule has 0 N–H and O–H groups in total. The van der Waals surface area contributed by atoms with Crippen LogP contribution < -0.4 is 4.90 Å². The quantitative estimate of drug-likeness (QED) is 0.295. The summed E-state index contributed by atoms with van der Waals surface area (Å²) in [6.07, 6.45) is 2.24. The van der Waals surface area contributed by atoms with E-state index >= 15 is 0 Å². The van der Waals surface area contributed by atoms with Gasteiger partial charge in [-0.15, -0.1) is 11.3 Å². The molecule has 1 saturated heterocycles. The largest absolute Gasteiger partial charge is 0.444 e. The van der Waals surface area contributed by atoms with Gasteiger partial charge in [0, 0.05) is 45.6 Å². The van der Waals surface area contributed by atoms with E-state index in [0.29, 0.717) is 45.2 Å². The first kappa shape index (κ1) is 27.9. The topological polar surface area (TPSA) is 70.2 Å². The van der Waals surface area contributed by atoms with Gasteiger partial charge in [-0.3, -0.25) is 19.4 Å². The van der Waals surface area contributed by atoms with Gasteiger partial charge in [-0.25, -0.2) is 4.79 Å². The Hall–Kier alpha value is -2.63. The van der Waals surface area contributed by atoms with Crippen LogP contribution >= 0.6 is 58.5 Å². The lowest BCUT2D eigenvalue weighted by atomic mass is 9.98. The molecule has 0 unspecified atom stereocenters. The number of hydrogen-bond acceptors (Lipinski definition) is 7. The number of carbonyl (C=O) groups is 3. The van der Waals surface area contributed by atoms with Crippen molar-refractivity contribution in [3.05, 3.63) is 69.0 Å². The van der Waals surface area contributed by atoms with Crippen molar-refractivity contribution in [2.75, 3.05) is 37.3 Å². The van der Waals surface area contributed by atoms with Crippen LogP contribution in [0.5, 0.6) is 0 Å². The number of halogens is 2. The van der Waals surface area contributed by atoms with Gasteiger partial charge < -0.3 is 9.64 Å². The molecule has 1 fully saturated rings. The molecule has 202 valence electrons. The molecule has 0 bridgehead atoms. The Labute approximate surface area is 249 Å². The molecule has 3 aromatic rings. The van der Waals surface area contributed by atoms with Gasteiger partial charge in [-0.05, 0) is 53.5 Å². The molecule has 12 heteroatoms. The highest BCUT2D eigenvalue weighted by Crippen LogP contribution is 2.36. The zero-order valence-corrected chi connectivity index (χ0v) is 24.8. The number of fused-ring (bicyclic) bond motifs is 1. The molecule has 2 aliphatic heterocycles. The fourth-order valence-corrected chi connectivity index (χ4v) is 7.04. The van der Waals surface area contributed by atoms with Crippen LogP contribution in [-0.4, -0.2) is 64.5 Å². The van der Waals surface area contributed by atoms with Crippen molar-refractivity contribution < 1.29 is 19.1 Å². The third-order valence-corrected chi connectivity index (χ3v) is 9.36. The van der Waals surface area contributed by atoms with E-state index in [-0.39, 0.29) is 25.0 Å².